The molecule has 2 aromatic heterocycles. The Morgan fingerprint density at radius 3 is 2.47 bits per heavy atom. The minimum absolute atomic E-state index is 0.0958. The fourth-order valence-corrected chi connectivity index (χ4v) is 4.10. The van der Waals surface area contributed by atoms with Crippen LogP contribution in [0.15, 0.2) is 53.5 Å². The number of pyridine rings is 1. The normalized spacial score (nSPS) is 11.8. The van der Waals surface area contributed by atoms with Crippen molar-refractivity contribution in [2.45, 2.75) is 20.4 Å². The lowest BCUT2D eigenvalue weighted by molar-refractivity contribution is 0.602. The standard InChI is InChI=1S/C22H22FN5O3S/c1-4-32(30,31)25-19-10-16(17-9-14(2)22(29)27(3)13-17)11-20-21(19)24-26-28(20)12-15-5-7-18(23)8-6-15/h5-11,13,25H,4,12H2,1-3H3. The summed E-state index contributed by atoms with van der Waals surface area (Å²) < 4.78 is 43.6. The van der Waals surface area contributed by atoms with Crippen LogP contribution in [0.2, 0.25) is 0 Å². The maximum Gasteiger partial charge on any atom is 0.253 e. The summed E-state index contributed by atoms with van der Waals surface area (Å²) in [6, 6.07) is 11.3. The number of nitrogens with one attached hydrogen (secondary N) is 1. The maximum atomic E-state index is 13.3. The molecule has 0 fully saturated rings. The van der Waals surface area contributed by atoms with Crippen LogP contribution in [0.3, 0.4) is 0 Å². The molecule has 4 rings (SSSR count). The van der Waals surface area contributed by atoms with Gasteiger partial charge in [0.05, 0.1) is 23.5 Å². The van der Waals surface area contributed by atoms with Gasteiger partial charge in [-0.05, 0) is 60.9 Å². The van der Waals surface area contributed by atoms with E-state index in [1.165, 1.54) is 16.7 Å². The third-order valence-electron chi connectivity index (χ3n) is 5.21. The van der Waals surface area contributed by atoms with Crippen molar-refractivity contribution in [2.24, 2.45) is 7.05 Å². The van der Waals surface area contributed by atoms with Crippen LogP contribution in [0.1, 0.15) is 18.1 Å². The van der Waals surface area contributed by atoms with Gasteiger partial charge < -0.3 is 4.57 Å². The van der Waals surface area contributed by atoms with Gasteiger partial charge >= 0.3 is 0 Å². The lowest BCUT2D eigenvalue weighted by Crippen LogP contribution is -2.18. The van der Waals surface area contributed by atoms with Gasteiger partial charge in [-0.3, -0.25) is 9.52 Å². The van der Waals surface area contributed by atoms with Crippen LogP contribution in [0.25, 0.3) is 22.2 Å². The number of halogens is 1. The summed E-state index contributed by atoms with van der Waals surface area (Å²) in [4.78, 5) is 12.1. The van der Waals surface area contributed by atoms with Crippen LogP contribution in [-0.2, 0) is 23.6 Å². The fraction of sp³-hybridized carbons (Fsp3) is 0.227. The minimum atomic E-state index is -3.56. The first-order valence-corrected chi connectivity index (χ1v) is 11.6. The second kappa shape index (κ2) is 8.19. The number of anilines is 1. The van der Waals surface area contributed by atoms with Gasteiger partial charge in [0.1, 0.15) is 11.3 Å². The monoisotopic (exact) mass is 455 g/mol. The molecule has 0 bridgehead atoms. The molecule has 0 radical (unpaired) electrons. The summed E-state index contributed by atoms with van der Waals surface area (Å²) in [7, 11) is -1.90. The van der Waals surface area contributed by atoms with Gasteiger partial charge in [0.25, 0.3) is 5.56 Å². The second-order valence-corrected chi connectivity index (χ2v) is 9.61. The molecule has 0 atom stereocenters. The van der Waals surface area contributed by atoms with Crippen molar-refractivity contribution in [3.05, 3.63) is 76.0 Å². The molecule has 1 N–H and O–H groups in total. The summed E-state index contributed by atoms with van der Waals surface area (Å²) >= 11 is 0. The van der Waals surface area contributed by atoms with E-state index in [0.717, 1.165) is 11.1 Å². The van der Waals surface area contributed by atoms with Crippen molar-refractivity contribution in [1.82, 2.24) is 19.6 Å². The number of aromatic nitrogens is 4. The van der Waals surface area contributed by atoms with Crippen molar-refractivity contribution in [3.63, 3.8) is 0 Å². The molecule has 166 valence electrons. The predicted molar refractivity (Wildman–Crippen MR) is 122 cm³/mol. The molecule has 0 saturated heterocycles. The van der Waals surface area contributed by atoms with Gasteiger partial charge in [-0.1, -0.05) is 17.3 Å². The molecular formula is C22H22FN5O3S. The number of benzene rings is 2. The van der Waals surface area contributed by atoms with Crippen molar-refractivity contribution in [1.29, 1.82) is 0 Å². The molecule has 10 heteroatoms. The molecule has 32 heavy (non-hydrogen) atoms. The van der Waals surface area contributed by atoms with E-state index in [4.69, 9.17) is 0 Å². The van der Waals surface area contributed by atoms with Gasteiger partial charge in [0, 0.05) is 18.8 Å². The van der Waals surface area contributed by atoms with E-state index in [2.05, 4.69) is 15.0 Å². The number of nitrogens with zero attached hydrogens (tertiary/aromatic N) is 4. The first kappa shape index (κ1) is 21.7. The molecule has 0 amide bonds. The Kier molecular flexibility index (Phi) is 5.55. The van der Waals surface area contributed by atoms with Crippen molar-refractivity contribution in [3.8, 4) is 11.1 Å². The SMILES string of the molecule is CCS(=O)(=O)Nc1cc(-c2cc(C)c(=O)n(C)c2)cc2c1nnn2Cc1ccc(F)cc1. The highest BCUT2D eigenvalue weighted by molar-refractivity contribution is 7.92. The first-order valence-electron chi connectivity index (χ1n) is 9.96. The van der Waals surface area contributed by atoms with Gasteiger partial charge in [-0.25, -0.2) is 17.5 Å². The van der Waals surface area contributed by atoms with Crippen LogP contribution in [0.5, 0.6) is 0 Å². The third-order valence-corrected chi connectivity index (χ3v) is 6.50. The van der Waals surface area contributed by atoms with Gasteiger partial charge in [-0.15, -0.1) is 5.10 Å². The predicted octanol–water partition coefficient (Wildman–Crippen LogP) is 3.05. The number of hydrogen-bond donors (Lipinski definition) is 1. The molecular weight excluding hydrogens is 433 g/mol. The van der Waals surface area contributed by atoms with E-state index >= 15 is 0 Å². The zero-order valence-corrected chi connectivity index (χ0v) is 18.6. The average molecular weight is 456 g/mol. The Hall–Kier alpha value is -3.53. The van der Waals surface area contributed by atoms with E-state index < -0.39 is 10.0 Å². The molecule has 2 heterocycles. The Labute approximate surface area is 184 Å². The van der Waals surface area contributed by atoms with Gasteiger partial charge in [0.2, 0.25) is 10.0 Å². The number of hydrogen-bond acceptors (Lipinski definition) is 5. The zero-order valence-electron chi connectivity index (χ0n) is 17.8. The molecule has 0 saturated carbocycles. The van der Waals surface area contributed by atoms with Crippen molar-refractivity contribution < 1.29 is 12.8 Å². The highest BCUT2D eigenvalue weighted by atomic mass is 32.2. The zero-order chi connectivity index (χ0) is 23.0. The average Bonchev–Trinajstić information content (AvgIpc) is 3.16. The van der Waals surface area contributed by atoms with Crippen LogP contribution >= 0.6 is 0 Å². The Morgan fingerprint density at radius 1 is 1.09 bits per heavy atom. The summed E-state index contributed by atoms with van der Waals surface area (Å²) in [6.07, 6.45) is 1.70. The highest BCUT2D eigenvalue weighted by Gasteiger charge is 2.17. The first-order chi connectivity index (χ1) is 15.2. The smallest absolute Gasteiger partial charge is 0.253 e. The van der Waals surface area contributed by atoms with Crippen LogP contribution in [0, 0.1) is 12.7 Å². The quantitative estimate of drug-likeness (QED) is 0.482. The topological polar surface area (TPSA) is 98.9 Å². The molecule has 0 unspecified atom stereocenters. The van der Waals surface area contributed by atoms with Crippen LogP contribution in [0.4, 0.5) is 10.1 Å². The Balaban J connectivity index is 1.90. The van der Waals surface area contributed by atoms with Crippen LogP contribution in [-0.4, -0.2) is 33.7 Å². The van der Waals surface area contributed by atoms with E-state index in [-0.39, 0.29) is 17.1 Å². The van der Waals surface area contributed by atoms with E-state index in [0.29, 0.717) is 34.4 Å². The number of sulfonamides is 1. The molecule has 8 nitrogen and oxygen atoms in total. The largest absolute Gasteiger partial charge is 0.318 e. The summed E-state index contributed by atoms with van der Waals surface area (Å²) in [6.45, 7) is 3.60. The third kappa shape index (κ3) is 4.26. The molecule has 0 aliphatic rings. The number of fused-ring (bicyclic) bond motifs is 1. The van der Waals surface area contributed by atoms with Gasteiger partial charge in [0.15, 0.2) is 0 Å². The molecule has 0 aliphatic heterocycles. The van der Waals surface area contributed by atoms with Crippen LogP contribution < -0.4 is 10.3 Å². The fourth-order valence-electron chi connectivity index (χ4n) is 3.47. The molecule has 4 aromatic rings. The summed E-state index contributed by atoms with van der Waals surface area (Å²) in [5.74, 6) is -0.428. The van der Waals surface area contributed by atoms with E-state index in [1.54, 1.807) is 56.0 Å². The van der Waals surface area contributed by atoms with E-state index in [1.807, 2.05) is 6.07 Å². The molecule has 0 aliphatic carbocycles. The van der Waals surface area contributed by atoms with Crippen molar-refractivity contribution >= 4 is 26.7 Å². The van der Waals surface area contributed by atoms with Crippen molar-refractivity contribution in [2.75, 3.05) is 10.5 Å². The highest BCUT2D eigenvalue weighted by Crippen LogP contribution is 2.31. The van der Waals surface area contributed by atoms with E-state index in [9.17, 15) is 17.6 Å². The second-order valence-electron chi connectivity index (χ2n) is 7.60. The number of rotatable bonds is 6. The number of aryl methyl sites for hydroxylation is 2. The molecule has 0 spiro atoms. The summed E-state index contributed by atoms with van der Waals surface area (Å²) in [5.41, 5.74) is 4.03. The lowest BCUT2D eigenvalue weighted by atomic mass is 10.0. The molecule has 2 aromatic carbocycles. The lowest BCUT2D eigenvalue weighted by Gasteiger charge is -2.12. The Morgan fingerprint density at radius 2 is 1.81 bits per heavy atom. The Bertz CT molecular complexity index is 1450. The summed E-state index contributed by atoms with van der Waals surface area (Å²) in [5, 5.41) is 8.39. The van der Waals surface area contributed by atoms with Gasteiger partial charge in [-0.2, -0.15) is 0 Å². The minimum Gasteiger partial charge on any atom is -0.318 e. The maximum absolute atomic E-state index is 13.3.